The van der Waals surface area contributed by atoms with E-state index in [9.17, 15) is 0 Å². The monoisotopic (exact) mass is 425 g/mol. The third-order valence-corrected chi connectivity index (χ3v) is 0. The number of carboxylic acids is 3. The Bertz CT molecular complexity index is 120. The van der Waals surface area contributed by atoms with E-state index in [2.05, 4.69) is 0 Å². The molecule has 0 unspecified atom stereocenters. The van der Waals surface area contributed by atoms with E-state index in [1.54, 1.807) is 0 Å². The molecule has 12 nitrogen and oxygen atoms in total. The van der Waals surface area contributed by atoms with Crippen LogP contribution in [-0.4, -0.2) is 50.8 Å². The first-order valence-corrected chi connectivity index (χ1v) is 2.72. The van der Waals surface area contributed by atoms with Crippen molar-refractivity contribution in [2.45, 2.75) is 20.8 Å². The Kier molecular flexibility index (Phi) is 271. The van der Waals surface area contributed by atoms with E-state index in [0.717, 1.165) is 20.8 Å². The molecule has 121 valence electrons. The standard InChI is InChI=1S/3C2H4O2.Ce.6H2O/c3*1-2(3)4;;;;;;;/h3*1H3,(H,3,4);;6*1H2/q;;;+3;;;;;;/p-3. The molecule has 0 aliphatic carbocycles. The molecule has 0 fully saturated rings. The van der Waals surface area contributed by atoms with E-state index in [-0.39, 0.29) is 74.6 Å². The number of aliphatic carboxylic acids is 3. The van der Waals surface area contributed by atoms with E-state index < -0.39 is 17.9 Å². The molecule has 0 bridgehead atoms. The number of carbonyl (C=O) groups excluding carboxylic acids is 3. The van der Waals surface area contributed by atoms with Crippen LogP contribution >= 0.6 is 0 Å². The van der Waals surface area contributed by atoms with Crippen molar-refractivity contribution >= 4 is 17.9 Å². The van der Waals surface area contributed by atoms with Crippen LogP contribution in [0.5, 0.6) is 0 Å². The quantitative estimate of drug-likeness (QED) is 0.362. The van der Waals surface area contributed by atoms with Crippen molar-refractivity contribution < 1.29 is 104 Å². The van der Waals surface area contributed by atoms with Gasteiger partial charge in [0.05, 0.1) is 0 Å². The van der Waals surface area contributed by atoms with Gasteiger partial charge in [0.25, 0.3) is 0 Å². The molecule has 12 N–H and O–H groups in total. The van der Waals surface area contributed by atoms with Gasteiger partial charge in [0.1, 0.15) is 0 Å². The predicted octanol–water partition coefficient (Wildman–Crippen LogP) is -8.68. The molecule has 0 spiro atoms. The van der Waals surface area contributed by atoms with Crippen LogP contribution in [0, 0.1) is 41.7 Å². The molecule has 0 saturated carbocycles. The molecule has 19 heavy (non-hydrogen) atoms. The third-order valence-electron chi connectivity index (χ3n) is 0. The zero-order chi connectivity index (χ0) is 10.7. The second-order valence-corrected chi connectivity index (χ2v) is 1.47. The van der Waals surface area contributed by atoms with Gasteiger partial charge in [0, 0.05) is 17.9 Å². The van der Waals surface area contributed by atoms with E-state index >= 15 is 0 Å². The van der Waals surface area contributed by atoms with Crippen molar-refractivity contribution in [1.82, 2.24) is 0 Å². The van der Waals surface area contributed by atoms with Gasteiger partial charge < -0.3 is 62.6 Å². The Balaban J connectivity index is -0.00000000675. The van der Waals surface area contributed by atoms with Gasteiger partial charge in [-0.05, 0) is 20.8 Å². The molecule has 0 heterocycles. The summed E-state index contributed by atoms with van der Waals surface area (Å²) in [5.74, 6) is -3.25. The van der Waals surface area contributed by atoms with Gasteiger partial charge >= 0.3 is 41.7 Å². The average Bonchev–Trinajstić information content (AvgIpc) is 1.54. The summed E-state index contributed by atoms with van der Waals surface area (Å²) in [5, 5.41) is 26.7. The van der Waals surface area contributed by atoms with Crippen molar-refractivity contribution in [3.05, 3.63) is 0 Å². The van der Waals surface area contributed by atoms with Crippen LogP contribution in [0.15, 0.2) is 0 Å². The number of rotatable bonds is 0. The van der Waals surface area contributed by atoms with Crippen molar-refractivity contribution in [3.63, 3.8) is 0 Å². The summed E-state index contributed by atoms with van der Waals surface area (Å²) in [6, 6.07) is 0. The Morgan fingerprint density at radius 3 is 0.526 bits per heavy atom. The molecule has 0 aromatic rings. The fraction of sp³-hybridized carbons (Fsp3) is 0.500. The van der Waals surface area contributed by atoms with Crippen LogP contribution in [0.25, 0.3) is 0 Å². The first-order valence-electron chi connectivity index (χ1n) is 2.72. The van der Waals surface area contributed by atoms with Gasteiger partial charge in [-0.25, -0.2) is 0 Å². The van der Waals surface area contributed by atoms with Gasteiger partial charge in [-0.2, -0.15) is 0 Å². The van der Waals surface area contributed by atoms with E-state index in [1.807, 2.05) is 0 Å². The molecular weight excluding hydrogens is 404 g/mol. The maximum Gasteiger partial charge on any atom is 3.00 e. The van der Waals surface area contributed by atoms with Crippen molar-refractivity contribution in [2.24, 2.45) is 0 Å². The van der Waals surface area contributed by atoms with Gasteiger partial charge in [0.15, 0.2) is 0 Å². The molecule has 0 saturated heterocycles. The minimum atomic E-state index is -1.08. The number of carbonyl (C=O) groups is 3. The van der Waals surface area contributed by atoms with Gasteiger partial charge in [-0.3, -0.25) is 0 Å². The van der Waals surface area contributed by atoms with Crippen molar-refractivity contribution in [3.8, 4) is 0 Å². The number of hydrogen-bond donors (Lipinski definition) is 0. The molecule has 0 aromatic carbocycles. The van der Waals surface area contributed by atoms with E-state index in [0.29, 0.717) is 0 Å². The third kappa shape index (κ3) is 20600. The Labute approximate surface area is 142 Å². The minimum Gasteiger partial charge on any atom is -0.550 e. The zero-order valence-corrected chi connectivity index (χ0v) is 13.6. The first kappa shape index (κ1) is 78.2. The van der Waals surface area contributed by atoms with Crippen LogP contribution in [0.2, 0.25) is 0 Å². The summed E-state index contributed by atoms with van der Waals surface area (Å²) < 4.78 is 0. The van der Waals surface area contributed by atoms with Crippen LogP contribution in [0.3, 0.4) is 0 Å². The predicted molar refractivity (Wildman–Crippen MR) is 53.7 cm³/mol. The second-order valence-electron chi connectivity index (χ2n) is 1.47. The summed E-state index contributed by atoms with van der Waals surface area (Å²) in [5.41, 5.74) is 0. The largest absolute Gasteiger partial charge is 3.00 e. The SMILES string of the molecule is CC(=O)[O-].CC(=O)[O-].CC(=O)[O-].O.O.O.O.O.O.[Ce+3]. The minimum absolute atomic E-state index is 0. The van der Waals surface area contributed by atoms with Crippen LogP contribution in [0.1, 0.15) is 20.8 Å². The summed E-state index contributed by atoms with van der Waals surface area (Å²) in [6.07, 6.45) is 0. The molecule has 0 aliphatic heterocycles. The van der Waals surface area contributed by atoms with Gasteiger partial charge in [0.2, 0.25) is 0 Å². The normalized spacial score (nSPS) is 3.95. The topological polar surface area (TPSA) is 309 Å². The molecule has 1 radical (unpaired) electrons. The Morgan fingerprint density at radius 2 is 0.526 bits per heavy atom. The fourth-order valence-corrected chi connectivity index (χ4v) is 0. The molecule has 0 aromatic heterocycles. The van der Waals surface area contributed by atoms with Gasteiger partial charge in [-0.1, -0.05) is 0 Å². The number of carboxylic acid groups (broad SMARTS) is 3. The Morgan fingerprint density at radius 1 is 0.526 bits per heavy atom. The molecular formula is C6H21CeO12. The zero-order valence-electron chi connectivity index (χ0n) is 10.4. The summed E-state index contributed by atoms with van der Waals surface area (Å²) in [7, 11) is 0. The smallest absolute Gasteiger partial charge is 0.550 e. The summed E-state index contributed by atoms with van der Waals surface area (Å²) in [4.78, 5) is 26.7. The summed E-state index contributed by atoms with van der Waals surface area (Å²) >= 11 is 0. The van der Waals surface area contributed by atoms with Crippen LogP contribution in [0.4, 0.5) is 0 Å². The maximum absolute atomic E-state index is 8.89. The summed E-state index contributed by atoms with van der Waals surface area (Å²) in [6.45, 7) is 2.92. The molecule has 0 amide bonds. The molecule has 0 atom stereocenters. The second kappa shape index (κ2) is 65.8. The van der Waals surface area contributed by atoms with Crippen LogP contribution < -0.4 is 15.3 Å². The van der Waals surface area contributed by atoms with E-state index in [1.165, 1.54) is 0 Å². The molecule has 0 aliphatic rings. The molecule has 0 rings (SSSR count). The fourth-order valence-electron chi connectivity index (χ4n) is 0. The maximum atomic E-state index is 8.89. The van der Waals surface area contributed by atoms with Crippen molar-refractivity contribution in [1.29, 1.82) is 0 Å². The van der Waals surface area contributed by atoms with Crippen LogP contribution in [-0.2, 0) is 14.4 Å². The first-order chi connectivity index (χ1) is 5.20. The number of hydrogen-bond acceptors (Lipinski definition) is 6. The Hall–Kier alpha value is -0.453. The van der Waals surface area contributed by atoms with Crippen molar-refractivity contribution in [2.75, 3.05) is 0 Å². The molecule has 13 heteroatoms. The van der Waals surface area contributed by atoms with E-state index in [4.69, 9.17) is 29.7 Å². The average molecular weight is 425 g/mol. The van der Waals surface area contributed by atoms with Gasteiger partial charge in [-0.15, -0.1) is 0 Å².